The zero-order chi connectivity index (χ0) is 21.1. The van der Waals surface area contributed by atoms with Crippen molar-refractivity contribution in [1.82, 2.24) is 9.88 Å². The summed E-state index contributed by atoms with van der Waals surface area (Å²) in [5.41, 5.74) is 2.12. The van der Waals surface area contributed by atoms with E-state index in [1.54, 1.807) is 24.3 Å². The van der Waals surface area contributed by atoms with Crippen molar-refractivity contribution in [3.8, 4) is 5.75 Å². The molecule has 0 saturated carbocycles. The number of likely N-dealkylation sites (tertiary alicyclic amines) is 1. The SMILES string of the molecule is O=C1C(=O)N(CCc2ccccc2)C(c2ccc(O)cc2)C1=C(O)c1ccncc1. The number of rotatable bonds is 5. The number of pyridine rings is 1. The monoisotopic (exact) mass is 400 g/mol. The molecule has 1 fully saturated rings. The standard InChI is InChI=1S/C24H20N2O4/c27-19-8-6-17(7-9-19)21-20(22(28)18-10-13-25-14-11-18)23(29)24(30)26(21)15-12-16-4-2-1-3-5-16/h1-11,13-14,21,27-28H,12,15H2. The Bertz CT molecular complexity index is 1090. The quantitative estimate of drug-likeness (QED) is 0.389. The fourth-order valence-electron chi connectivity index (χ4n) is 3.67. The number of aromatic hydroxyl groups is 1. The van der Waals surface area contributed by atoms with Crippen LogP contribution in [0.5, 0.6) is 5.75 Å². The summed E-state index contributed by atoms with van der Waals surface area (Å²) in [6.45, 7) is 0.313. The van der Waals surface area contributed by atoms with Gasteiger partial charge in [-0.2, -0.15) is 0 Å². The maximum atomic E-state index is 12.9. The summed E-state index contributed by atoms with van der Waals surface area (Å²) in [7, 11) is 0. The van der Waals surface area contributed by atoms with Gasteiger partial charge in [0.1, 0.15) is 11.5 Å². The highest BCUT2D eigenvalue weighted by Crippen LogP contribution is 2.39. The molecule has 1 atom stereocenters. The Hall–Kier alpha value is -3.93. The number of benzene rings is 2. The van der Waals surface area contributed by atoms with Gasteiger partial charge in [-0.1, -0.05) is 42.5 Å². The van der Waals surface area contributed by atoms with E-state index in [0.29, 0.717) is 24.1 Å². The van der Waals surface area contributed by atoms with Crippen molar-refractivity contribution in [2.75, 3.05) is 6.54 Å². The second kappa shape index (κ2) is 8.21. The molecule has 0 radical (unpaired) electrons. The third-order valence-corrected chi connectivity index (χ3v) is 5.19. The first kappa shape index (κ1) is 19.4. The second-order valence-electron chi connectivity index (χ2n) is 7.06. The number of amides is 1. The molecule has 3 aromatic rings. The van der Waals surface area contributed by atoms with E-state index < -0.39 is 17.7 Å². The molecule has 1 unspecified atom stereocenters. The Balaban J connectivity index is 1.78. The van der Waals surface area contributed by atoms with Gasteiger partial charge in [-0.3, -0.25) is 14.6 Å². The van der Waals surface area contributed by atoms with Crippen molar-refractivity contribution >= 4 is 17.4 Å². The summed E-state index contributed by atoms with van der Waals surface area (Å²) >= 11 is 0. The van der Waals surface area contributed by atoms with Crippen LogP contribution in [-0.4, -0.2) is 38.3 Å². The molecule has 150 valence electrons. The normalized spacial score (nSPS) is 18.0. The molecule has 1 aromatic heterocycles. The molecule has 0 spiro atoms. The number of aromatic nitrogens is 1. The second-order valence-corrected chi connectivity index (χ2v) is 7.06. The number of aliphatic hydroxyl groups is 1. The number of aliphatic hydroxyl groups excluding tert-OH is 1. The van der Waals surface area contributed by atoms with Crippen LogP contribution < -0.4 is 0 Å². The number of hydrogen-bond acceptors (Lipinski definition) is 5. The number of carbonyl (C=O) groups is 2. The van der Waals surface area contributed by atoms with Gasteiger partial charge >= 0.3 is 0 Å². The lowest BCUT2D eigenvalue weighted by Crippen LogP contribution is -2.31. The van der Waals surface area contributed by atoms with E-state index >= 15 is 0 Å². The Labute approximate surface area is 173 Å². The van der Waals surface area contributed by atoms with E-state index in [9.17, 15) is 19.8 Å². The highest BCUT2D eigenvalue weighted by atomic mass is 16.3. The van der Waals surface area contributed by atoms with Gasteiger partial charge < -0.3 is 15.1 Å². The first-order valence-corrected chi connectivity index (χ1v) is 9.58. The number of ketones is 1. The van der Waals surface area contributed by atoms with Crippen molar-refractivity contribution in [1.29, 1.82) is 0 Å². The molecule has 1 saturated heterocycles. The fraction of sp³-hybridized carbons (Fsp3) is 0.125. The third-order valence-electron chi connectivity index (χ3n) is 5.19. The molecule has 0 bridgehead atoms. The predicted molar refractivity (Wildman–Crippen MR) is 111 cm³/mol. The van der Waals surface area contributed by atoms with E-state index in [1.165, 1.54) is 29.4 Å². The molecule has 1 amide bonds. The van der Waals surface area contributed by atoms with Crippen LogP contribution in [-0.2, 0) is 16.0 Å². The Morgan fingerprint density at radius 1 is 0.933 bits per heavy atom. The van der Waals surface area contributed by atoms with Crippen LogP contribution in [0.2, 0.25) is 0 Å². The van der Waals surface area contributed by atoms with E-state index in [1.807, 2.05) is 30.3 Å². The van der Waals surface area contributed by atoms with E-state index in [4.69, 9.17) is 0 Å². The lowest BCUT2D eigenvalue weighted by atomic mass is 9.95. The Morgan fingerprint density at radius 3 is 2.27 bits per heavy atom. The van der Waals surface area contributed by atoms with Crippen LogP contribution in [0.4, 0.5) is 0 Å². The van der Waals surface area contributed by atoms with Gasteiger partial charge in [-0.15, -0.1) is 0 Å². The van der Waals surface area contributed by atoms with Crippen molar-refractivity contribution in [2.24, 2.45) is 0 Å². The number of phenolic OH excluding ortho intramolecular Hbond substituents is 1. The van der Waals surface area contributed by atoms with Gasteiger partial charge in [0.15, 0.2) is 0 Å². The molecule has 1 aliphatic heterocycles. The molecule has 2 aromatic carbocycles. The molecule has 1 aliphatic rings. The maximum Gasteiger partial charge on any atom is 0.295 e. The molecule has 6 nitrogen and oxygen atoms in total. The number of carbonyl (C=O) groups excluding carboxylic acids is 2. The minimum absolute atomic E-state index is 0.0324. The zero-order valence-corrected chi connectivity index (χ0v) is 16.1. The van der Waals surface area contributed by atoms with Gasteiger partial charge in [0.2, 0.25) is 0 Å². The number of nitrogens with zero attached hydrogens (tertiary/aromatic N) is 2. The predicted octanol–water partition coefficient (Wildman–Crippen LogP) is 3.45. The lowest BCUT2D eigenvalue weighted by molar-refractivity contribution is -0.139. The van der Waals surface area contributed by atoms with Crippen molar-refractivity contribution in [3.63, 3.8) is 0 Å². The number of hydrogen-bond donors (Lipinski definition) is 2. The summed E-state index contributed by atoms with van der Waals surface area (Å²) in [5, 5.41) is 20.6. The summed E-state index contributed by atoms with van der Waals surface area (Å²) in [6, 6.07) is 18.4. The lowest BCUT2D eigenvalue weighted by Gasteiger charge is -2.25. The highest BCUT2D eigenvalue weighted by molar-refractivity contribution is 6.46. The maximum absolute atomic E-state index is 12.9. The minimum Gasteiger partial charge on any atom is -0.508 e. The summed E-state index contributed by atoms with van der Waals surface area (Å²) in [4.78, 5) is 31.2. The summed E-state index contributed by atoms with van der Waals surface area (Å²) in [6.07, 6.45) is 3.59. The summed E-state index contributed by atoms with van der Waals surface area (Å²) < 4.78 is 0. The van der Waals surface area contributed by atoms with Gasteiger partial charge in [0.05, 0.1) is 11.6 Å². The average molecular weight is 400 g/mol. The van der Waals surface area contributed by atoms with Gasteiger partial charge in [0.25, 0.3) is 11.7 Å². The molecule has 0 aliphatic carbocycles. The Morgan fingerprint density at radius 2 is 1.60 bits per heavy atom. The molecular formula is C24H20N2O4. The van der Waals surface area contributed by atoms with Crippen molar-refractivity contribution in [2.45, 2.75) is 12.5 Å². The summed E-state index contributed by atoms with van der Waals surface area (Å²) in [5.74, 6) is -1.54. The van der Waals surface area contributed by atoms with Crippen LogP contribution in [0.25, 0.3) is 5.76 Å². The number of Topliss-reactive ketones (excluding diaryl/α,β-unsaturated/α-hetero) is 1. The minimum atomic E-state index is -0.748. The van der Waals surface area contributed by atoms with E-state index in [-0.39, 0.29) is 17.1 Å². The van der Waals surface area contributed by atoms with E-state index in [0.717, 1.165) is 5.56 Å². The van der Waals surface area contributed by atoms with Crippen molar-refractivity contribution in [3.05, 3.63) is 101 Å². The fourth-order valence-corrected chi connectivity index (χ4v) is 3.67. The molecular weight excluding hydrogens is 380 g/mol. The van der Waals surface area contributed by atoms with Gasteiger partial charge in [0, 0.05) is 24.5 Å². The zero-order valence-electron chi connectivity index (χ0n) is 16.1. The van der Waals surface area contributed by atoms with E-state index in [2.05, 4.69) is 4.98 Å². The molecule has 2 N–H and O–H groups in total. The van der Waals surface area contributed by atoms with Crippen molar-refractivity contribution < 1.29 is 19.8 Å². The van der Waals surface area contributed by atoms with Crippen LogP contribution >= 0.6 is 0 Å². The highest BCUT2D eigenvalue weighted by Gasteiger charge is 2.45. The molecule has 30 heavy (non-hydrogen) atoms. The molecule has 2 heterocycles. The largest absolute Gasteiger partial charge is 0.508 e. The van der Waals surface area contributed by atoms with Gasteiger partial charge in [-0.25, -0.2) is 0 Å². The third kappa shape index (κ3) is 3.67. The molecule has 6 heteroatoms. The Kier molecular flexibility index (Phi) is 5.30. The van der Waals surface area contributed by atoms with Gasteiger partial charge in [-0.05, 0) is 41.8 Å². The van der Waals surface area contributed by atoms with Crippen LogP contribution in [0.15, 0.2) is 84.7 Å². The first-order chi connectivity index (χ1) is 14.6. The first-order valence-electron chi connectivity index (χ1n) is 9.58. The molecule has 4 rings (SSSR count). The van der Waals surface area contributed by atoms with Crippen LogP contribution in [0, 0.1) is 0 Å². The van der Waals surface area contributed by atoms with Crippen LogP contribution in [0.3, 0.4) is 0 Å². The van der Waals surface area contributed by atoms with Crippen LogP contribution in [0.1, 0.15) is 22.7 Å². The topological polar surface area (TPSA) is 90.7 Å². The average Bonchev–Trinajstić information content (AvgIpc) is 3.04. The number of phenols is 1. The smallest absolute Gasteiger partial charge is 0.295 e.